The lowest BCUT2D eigenvalue weighted by Crippen LogP contribution is -2.38. The van der Waals surface area contributed by atoms with E-state index in [-0.39, 0.29) is 24.0 Å². The first-order valence-electron chi connectivity index (χ1n) is 7.97. The molecule has 2 N–H and O–H groups in total. The average molecular weight is 433 g/mol. The van der Waals surface area contributed by atoms with E-state index in [1.807, 2.05) is 0 Å². The van der Waals surface area contributed by atoms with Gasteiger partial charge >= 0.3 is 0 Å². The van der Waals surface area contributed by atoms with Crippen molar-refractivity contribution in [1.82, 2.24) is 10.6 Å². The molecule has 1 aliphatic rings. The Bertz CT molecular complexity index is 459. The lowest BCUT2D eigenvalue weighted by Gasteiger charge is -2.13. The third kappa shape index (κ3) is 7.99. The molecule has 1 unspecified atom stereocenters. The number of halogens is 1. The minimum atomic E-state index is 0. The summed E-state index contributed by atoms with van der Waals surface area (Å²) in [5.41, 5.74) is 2.51. The Balaban J connectivity index is 0.00000264. The number of nitrogens with one attached hydrogen (secondary N) is 2. The maximum absolute atomic E-state index is 5.62. The van der Waals surface area contributed by atoms with Crippen molar-refractivity contribution in [2.75, 3.05) is 33.4 Å². The summed E-state index contributed by atoms with van der Waals surface area (Å²) in [5.74, 6) is 0.793. The zero-order valence-corrected chi connectivity index (χ0v) is 16.3. The van der Waals surface area contributed by atoms with Gasteiger partial charge in [0.1, 0.15) is 0 Å². The molecule has 1 aromatic rings. The van der Waals surface area contributed by atoms with Gasteiger partial charge in [-0.1, -0.05) is 29.8 Å². The van der Waals surface area contributed by atoms with Crippen molar-refractivity contribution in [3.05, 3.63) is 35.4 Å². The van der Waals surface area contributed by atoms with Gasteiger partial charge in [-0.05, 0) is 25.3 Å². The number of rotatable bonds is 7. The molecule has 0 spiro atoms. The lowest BCUT2D eigenvalue weighted by atomic mass is 10.1. The van der Waals surface area contributed by atoms with E-state index >= 15 is 0 Å². The van der Waals surface area contributed by atoms with Gasteiger partial charge in [0.05, 0.1) is 19.3 Å². The monoisotopic (exact) mass is 433 g/mol. The van der Waals surface area contributed by atoms with Crippen molar-refractivity contribution in [3.63, 3.8) is 0 Å². The zero-order valence-electron chi connectivity index (χ0n) is 14.0. The number of aryl methyl sites for hydroxylation is 1. The van der Waals surface area contributed by atoms with Gasteiger partial charge in [-0.3, -0.25) is 4.99 Å². The molecule has 23 heavy (non-hydrogen) atoms. The van der Waals surface area contributed by atoms with Crippen LogP contribution in [0.1, 0.15) is 24.0 Å². The number of hydrogen-bond acceptors (Lipinski definition) is 3. The minimum absolute atomic E-state index is 0. The number of nitrogens with zero attached hydrogens (tertiary/aromatic N) is 1. The minimum Gasteiger partial charge on any atom is -0.377 e. The van der Waals surface area contributed by atoms with Crippen LogP contribution in [0.2, 0.25) is 0 Å². The Kier molecular flexibility index (Phi) is 10.2. The second-order valence-corrected chi connectivity index (χ2v) is 5.55. The summed E-state index contributed by atoms with van der Waals surface area (Å²) < 4.78 is 11.1. The van der Waals surface area contributed by atoms with E-state index < -0.39 is 0 Å². The van der Waals surface area contributed by atoms with Crippen LogP contribution in [-0.4, -0.2) is 45.5 Å². The molecule has 1 atom stereocenters. The highest BCUT2D eigenvalue weighted by Crippen LogP contribution is 2.11. The maximum Gasteiger partial charge on any atom is 0.191 e. The first kappa shape index (κ1) is 20.2. The van der Waals surface area contributed by atoms with Gasteiger partial charge in [0, 0.05) is 26.7 Å². The van der Waals surface area contributed by atoms with E-state index in [0.29, 0.717) is 19.3 Å². The Labute approximate surface area is 156 Å². The van der Waals surface area contributed by atoms with E-state index in [9.17, 15) is 0 Å². The normalized spacial score (nSPS) is 17.7. The number of hydrogen-bond donors (Lipinski definition) is 2. The summed E-state index contributed by atoms with van der Waals surface area (Å²) in [6, 6.07) is 8.49. The van der Waals surface area contributed by atoms with Crippen LogP contribution in [0.3, 0.4) is 0 Å². The van der Waals surface area contributed by atoms with Gasteiger partial charge in [-0.2, -0.15) is 0 Å². The second kappa shape index (κ2) is 11.6. The van der Waals surface area contributed by atoms with Crippen LogP contribution in [0.4, 0.5) is 0 Å². The average Bonchev–Trinajstić information content (AvgIpc) is 3.05. The molecule has 5 nitrogen and oxygen atoms in total. The fraction of sp³-hybridized carbons (Fsp3) is 0.588. The van der Waals surface area contributed by atoms with Gasteiger partial charge in [-0.25, -0.2) is 0 Å². The van der Waals surface area contributed by atoms with Crippen molar-refractivity contribution in [3.8, 4) is 0 Å². The van der Waals surface area contributed by atoms with Gasteiger partial charge in [0.2, 0.25) is 0 Å². The molecule has 1 saturated heterocycles. The molecule has 1 heterocycles. The fourth-order valence-electron chi connectivity index (χ4n) is 2.34. The summed E-state index contributed by atoms with van der Waals surface area (Å²) >= 11 is 0. The van der Waals surface area contributed by atoms with Crippen molar-refractivity contribution < 1.29 is 9.47 Å². The largest absolute Gasteiger partial charge is 0.377 e. The molecule has 0 amide bonds. The van der Waals surface area contributed by atoms with Crippen LogP contribution in [0.15, 0.2) is 29.3 Å². The van der Waals surface area contributed by atoms with E-state index in [1.54, 1.807) is 7.05 Å². The number of aliphatic imine (C=N–C) groups is 1. The summed E-state index contributed by atoms with van der Waals surface area (Å²) in [4.78, 5) is 4.21. The molecule has 1 aliphatic heterocycles. The molecule has 0 aliphatic carbocycles. The predicted molar refractivity (Wildman–Crippen MR) is 105 cm³/mol. The molecule has 6 heteroatoms. The SMILES string of the molecule is CN=C(NCCOCC1CCCO1)NCc1ccc(C)cc1.I. The topological polar surface area (TPSA) is 54.9 Å². The number of guanidine groups is 1. The Morgan fingerprint density at radius 1 is 1.30 bits per heavy atom. The lowest BCUT2D eigenvalue weighted by molar-refractivity contribution is 0.0191. The molecular weight excluding hydrogens is 405 g/mol. The smallest absolute Gasteiger partial charge is 0.191 e. The molecule has 1 fully saturated rings. The highest BCUT2D eigenvalue weighted by Gasteiger charge is 2.14. The van der Waals surface area contributed by atoms with Crippen LogP contribution in [-0.2, 0) is 16.0 Å². The van der Waals surface area contributed by atoms with E-state index in [4.69, 9.17) is 9.47 Å². The van der Waals surface area contributed by atoms with Crippen molar-refractivity contribution in [2.24, 2.45) is 4.99 Å². The number of benzene rings is 1. The van der Waals surface area contributed by atoms with Gasteiger partial charge < -0.3 is 20.1 Å². The van der Waals surface area contributed by atoms with E-state index in [2.05, 4.69) is 46.8 Å². The molecule has 0 saturated carbocycles. The maximum atomic E-state index is 5.62. The molecular formula is C17H28IN3O2. The Morgan fingerprint density at radius 2 is 2.09 bits per heavy atom. The summed E-state index contributed by atoms with van der Waals surface area (Å²) in [6.07, 6.45) is 2.56. The van der Waals surface area contributed by atoms with E-state index in [1.165, 1.54) is 11.1 Å². The van der Waals surface area contributed by atoms with Crippen molar-refractivity contribution in [2.45, 2.75) is 32.4 Å². The molecule has 2 rings (SSSR count). The van der Waals surface area contributed by atoms with Gasteiger partial charge in [0.15, 0.2) is 5.96 Å². The second-order valence-electron chi connectivity index (χ2n) is 5.55. The summed E-state index contributed by atoms with van der Waals surface area (Å²) in [5, 5.41) is 6.55. The number of ether oxygens (including phenoxy) is 2. The molecule has 0 bridgehead atoms. The van der Waals surface area contributed by atoms with E-state index in [0.717, 1.165) is 38.5 Å². The highest BCUT2D eigenvalue weighted by atomic mass is 127. The summed E-state index contributed by atoms with van der Waals surface area (Å²) in [6.45, 7) is 5.81. The van der Waals surface area contributed by atoms with Crippen LogP contribution in [0.5, 0.6) is 0 Å². The molecule has 1 aromatic carbocycles. The standard InChI is InChI=1S/C17H27N3O2.HI/c1-14-5-7-15(8-6-14)12-20-17(18-2)19-9-11-21-13-16-4-3-10-22-16;/h5-8,16H,3-4,9-13H2,1-2H3,(H2,18,19,20);1H. The van der Waals surface area contributed by atoms with Crippen molar-refractivity contribution >= 4 is 29.9 Å². The van der Waals surface area contributed by atoms with Crippen LogP contribution < -0.4 is 10.6 Å². The first-order valence-corrected chi connectivity index (χ1v) is 7.97. The van der Waals surface area contributed by atoms with Gasteiger partial charge in [0.25, 0.3) is 0 Å². The van der Waals surface area contributed by atoms with Crippen LogP contribution in [0, 0.1) is 6.92 Å². The van der Waals surface area contributed by atoms with Crippen molar-refractivity contribution in [1.29, 1.82) is 0 Å². The Morgan fingerprint density at radius 3 is 2.74 bits per heavy atom. The quantitative estimate of drug-likeness (QED) is 0.300. The fourth-order valence-corrected chi connectivity index (χ4v) is 2.34. The molecule has 0 radical (unpaired) electrons. The van der Waals surface area contributed by atoms with Crippen LogP contribution >= 0.6 is 24.0 Å². The summed E-state index contributed by atoms with van der Waals surface area (Å²) in [7, 11) is 1.78. The third-order valence-corrected chi connectivity index (χ3v) is 3.67. The van der Waals surface area contributed by atoms with Gasteiger partial charge in [-0.15, -0.1) is 24.0 Å². The third-order valence-electron chi connectivity index (χ3n) is 3.67. The first-order chi connectivity index (χ1) is 10.8. The molecule has 130 valence electrons. The molecule has 0 aromatic heterocycles. The predicted octanol–water partition coefficient (Wildman–Crippen LogP) is 2.47. The Hall–Kier alpha value is -0.860. The highest BCUT2D eigenvalue weighted by molar-refractivity contribution is 14.0. The zero-order chi connectivity index (χ0) is 15.6. The van der Waals surface area contributed by atoms with Crippen LogP contribution in [0.25, 0.3) is 0 Å².